The lowest BCUT2D eigenvalue weighted by atomic mass is 10.3. The molecule has 0 amide bonds. The van der Waals surface area contributed by atoms with Crippen LogP contribution in [0.2, 0.25) is 5.02 Å². The van der Waals surface area contributed by atoms with Crippen molar-refractivity contribution >= 4 is 21.6 Å². The highest BCUT2D eigenvalue weighted by molar-refractivity contribution is 7.89. The lowest BCUT2D eigenvalue weighted by Gasteiger charge is -2.33. The van der Waals surface area contributed by atoms with Crippen molar-refractivity contribution in [3.63, 3.8) is 0 Å². The largest absolute Gasteiger partial charge is 0.374 e. The van der Waals surface area contributed by atoms with Gasteiger partial charge in [-0.1, -0.05) is 17.7 Å². The number of ether oxygens (including phenoxy) is 1. The highest BCUT2D eigenvalue weighted by atomic mass is 35.5. The van der Waals surface area contributed by atoms with E-state index in [1.807, 2.05) is 19.0 Å². The number of benzene rings is 1. The quantitative estimate of drug-likeness (QED) is 0.834. The minimum Gasteiger partial charge on any atom is -0.374 e. The van der Waals surface area contributed by atoms with E-state index >= 15 is 0 Å². The second-order valence-corrected chi connectivity index (χ2v) is 7.45. The zero-order valence-corrected chi connectivity index (χ0v) is 13.5. The third-order valence-corrected chi connectivity index (χ3v) is 5.56. The van der Waals surface area contributed by atoms with Crippen molar-refractivity contribution in [3.05, 3.63) is 29.0 Å². The highest BCUT2D eigenvalue weighted by Gasteiger charge is 2.34. The zero-order chi connectivity index (χ0) is 15.6. The maximum atomic E-state index is 13.9. The van der Waals surface area contributed by atoms with Gasteiger partial charge >= 0.3 is 0 Å². The first-order chi connectivity index (χ1) is 9.82. The summed E-state index contributed by atoms with van der Waals surface area (Å²) >= 11 is 5.87. The molecule has 0 bridgehead atoms. The van der Waals surface area contributed by atoms with Crippen LogP contribution in [-0.2, 0) is 14.8 Å². The Bertz CT molecular complexity index is 589. The van der Waals surface area contributed by atoms with Crippen LogP contribution in [0.25, 0.3) is 0 Å². The number of hydrogen-bond donors (Lipinski definition) is 0. The van der Waals surface area contributed by atoms with Crippen LogP contribution < -0.4 is 0 Å². The predicted octanol–water partition coefficient (Wildman–Crippen LogP) is 1.43. The molecule has 118 valence electrons. The molecule has 1 aliphatic heterocycles. The summed E-state index contributed by atoms with van der Waals surface area (Å²) in [6.45, 7) is 1.25. The van der Waals surface area contributed by atoms with E-state index in [9.17, 15) is 12.8 Å². The Morgan fingerprint density at radius 1 is 1.48 bits per heavy atom. The number of likely N-dealkylation sites (N-methyl/N-ethyl adjacent to an activating group) is 1. The molecule has 5 nitrogen and oxygen atoms in total. The number of morpholine rings is 1. The molecule has 1 fully saturated rings. The minimum atomic E-state index is -3.96. The molecule has 1 atom stereocenters. The van der Waals surface area contributed by atoms with E-state index in [0.717, 1.165) is 6.07 Å². The molecule has 8 heteroatoms. The van der Waals surface area contributed by atoms with E-state index in [4.69, 9.17) is 16.3 Å². The Morgan fingerprint density at radius 2 is 2.19 bits per heavy atom. The first-order valence-corrected chi connectivity index (χ1v) is 8.34. The van der Waals surface area contributed by atoms with E-state index in [-0.39, 0.29) is 30.8 Å². The lowest BCUT2D eigenvalue weighted by Crippen LogP contribution is -2.48. The van der Waals surface area contributed by atoms with Gasteiger partial charge in [0, 0.05) is 19.6 Å². The highest BCUT2D eigenvalue weighted by Crippen LogP contribution is 2.28. The van der Waals surface area contributed by atoms with Gasteiger partial charge in [0.25, 0.3) is 0 Å². The van der Waals surface area contributed by atoms with Gasteiger partial charge in [-0.25, -0.2) is 12.8 Å². The fourth-order valence-electron chi connectivity index (χ4n) is 2.29. The molecule has 21 heavy (non-hydrogen) atoms. The second-order valence-electron chi connectivity index (χ2n) is 5.17. The SMILES string of the molecule is CN(C)C[C@@H]1CN(S(=O)(=O)c2c(F)cccc2Cl)CCO1. The smallest absolute Gasteiger partial charge is 0.247 e. The van der Waals surface area contributed by atoms with Gasteiger partial charge in [-0.3, -0.25) is 0 Å². The molecule has 1 saturated heterocycles. The summed E-state index contributed by atoms with van der Waals surface area (Å²) in [6, 6.07) is 3.84. The van der Waals surface area contributed by atoms with E-state index in [0.29, 0.717) is 6.54 Å². The number of halogens is 2. The van der Waals surface area contributed by atoms with Gasteiger partial charge in [0.05, 0.1) is 17.7 Å². The zero-order valence-electron chi connectivity index (χ0n) is 11.9. The summed E-state index contributed by atoms with van der Waals surface area (Å²) in [6.07, 6.45) is -0.242. The van der Waals surface area contributed by atoms with Gasteiger partial charge in [-0.15, -0.1) is 0 Å². The third-order valence-electron chi connectivity index (χ3n) is 3.19. The maximum absolute atomic E-state index is 13.9. The van der Waals surface area contributed by atoms with Gasteiger partial charge in [0.2, 0.25) is 10.0 Å². The van der Waals surface area contributed by atoms with Gasteiger partial charge < -0.3 is 9.64 Å². The molecule has 0 spiro atoms. The Labute approximate surface area is 129 Å². The van der Waals surface area contributed by atoms with Gasteiger partial charge in [0.1, 0.15) is 10.7 Å². The van der Waals surface area contributed by atoms with Crippen molar-refractivity contribution in [3.8, 4) is 0 Å². The molecule has 0 saturated carbocycles. The molecule has 1 aromatic rings. The summed E-state index contributed by atoms with van der Waals surface area (Å²) in [7, 11) is -0.205. The molecule has 1 aliphatic rings. The molecule has 2 rings (SSSR count). The summed E-state index contributed by atoms with van der Waals surface area (Å²) in [5, 5.41) is -0.106. The predicted molar refractivity (Wildman–Crippen MR) is 78.5 cm³/mol. The van der Waals surface area contributed by atoms with Crippen molar-refractivity contribution in [1.82, 2.24) is 9.21 Å². The topological polar surface area (TPSA) is 49.9 Å². The average Bonchev–Trinajstić information content (AvgIpc) is 2.37. The van der Waals surface area contributed by atoms with Crippen molar-refractivity contribution < 1.29 is 17.5 Å². The Morgan fingerprint density at radius 3 is 2.81 bits per heavy atom. The number of hydrogen-bond acceptors (Lipinski definition) is 4. The molecule has 0 N–H and O–H groups in total. The lowest BCUT2D eigenvalue weighted by molar-refractivity contribution is -0.0132. The summed E-state index contributed by atoms with van der Waals surface area (Å²) < 4.78 is 45.8. The third kappa shape index (κ3) is 3.73. The van der Waals surface area contributed by atoms with Crippen LogP contribution in [0.4, 0.5) is 4.39 Å². The molecule has 1 heterocycles. The fraction of sp³-hybridized carbons (Fsp3) is 0.538. The normalized spacial score (nSPS) is 20.9. The molecule has 1 aromatic carbocycles. The van der Waals surface area contributed by atoms with E-state index in [1.165, 1.54) is 16.4 Å². The van der Waals surface area contributed by atoms with Crippen LogP contribution in [0.1, 0.15) is 0 Å². The van der Waals surface area contributed by atoms with Crippen LogP contribution in [0.15, 0.2) is 23.1 Å². The van der Waals surface area contributed by atoms with E-state index in [2.05, 4.69) is 0 Å². The van der Waals surface area contributed by atoms with Gasteiger partial charge in [-0.2, -0.15) is 4.31 Å². The maximum Gasteiger partial charge on any atom is 0.247 e. The van der Waals surface area contributed by atoms with Crippen molar-refractivity contribution in [2.24, 2.45) is 0 Å². The van der Waals surface area contributed by atoms with Gasteiger partial charge in [-0.05, 0) is 26.2 Å². The monoisotopic (exact) mass is 336 g/mol. The number of sulfonamides is 1. The van der Waals surface area contributed by atoms with Gasteiger partial charge in [0.15, 0.2) is 0 Å². The second kappa shape index (κ2) is 6.58. The molecule has 0 aliphatic carbocycles. The van der Waals surface area contributed by atoms with E-state index < -0.39 is 20.7 Å². The minimum absolute atomic E-state index is 0.106. The summed E-state index contributed by atoms with van der Waals surface area (Å²) in [5.41, 5.74) is 0. The molecule has 0 radical (unpaired) electrons. The summed E-state index contributed by atoms with van der Waals surface area (Å²) in [4.78, 5) is 1.45. The number of rotatable bonds is 4. The standard InChI is InChI=1S/C13H18ClFN2O3S/c1-16(2)8-10-9-17(6-7-20-10)21(18,19)13-11(14)4-3-5-12(13)15/h3-5,10H,6-9H2,1-2H3/t10-/m1/s1. The Kier molecular flexibility index (Phi) is 5.21. The Balaban J connectivity index is 2.27. The molecular weight excluding hydrogens is 319 g/mol. The average molecular weight is 337 g/mol. The first-order valence-electron chi connectivity index (χ1n) is 6.53. The van der Waals surface area contributed by atoms with Crippen molar-refractivity contribution in [2.45, 2.75) is 11.0 Å². The fourth-order valence-corrected chi connectivity index (χ4v) is 4.31. The Hall–Kier alpha value is -0.730. The molecular formula is C13H18ClFN2O3S. The first kappa shape index (κ1) is 16.6. The van der Waals surface area contributed by atoms with Crippen LogP contribution in [0.3, 0.4) is 0 Å². The summed E-state index contributed by atoms with van der Waals surface area (Å²) in [5.74, 6) is -0.835. The van der Waals surface area contributed by atoms with Crippen LogP contribution in [-0.4, -0.2) is 64.1 Å². The van der Waals surface area contributed by atoms with Crippen LogP contribution in [0.5, 0.6) is 0 Å². The van der Waals surface area contributed by atoms with E-state index in [1.54, 1.807) is 0 Å². The molecule has 0 aromatic heterocycles. The molecule has 0 unspecified atom stereocenters. The van der Waals surface area contributed by atoms with Crippen LogP contribution in [0, 0.1) is 5.82 Å². The van der Waals surface area contributed by atoms with Crippen molar-refractivity contribution in [2.75, 3.05) is 40.3 Å². The van der Waals surface area contributed by atoms with Crippen molar-refractivity contribution in [1.29, 1.82) is 0 Å². The number of nitrogens with zero attached hydrogens (tertiary/aromatic N) is 2. The van der Waals surface area contributed by atoms with Crippen LogP contribution >= 0.6 is 11.6 Å².